The third-order valence-corrected chi connectivity index (χ3v) is 7.00. The summed E-state index contributed by atoms with van der Waals surface area (Å²) in [7, 11) is 3.10. The average molecular weight is 509 g/mol. The second kappa shape index (κ2) is 8.92. The maximum Gasteiger partial charge on any atom is 0.315 e. The Hall–Kier alpha value is -2.12. The fraction of sp³-hybridized carbons (Fsp3) is 0.238. The Morgan fingerprint density at radius 3 is 2.21 bits per heavy atom. The number of aryl methyl sites for hydroxylation is 1. The highest BCUT2D eigenvalue weighted by molar-refractivity contribution is 9.12. The van der Waals surface area contributed by atoms with Crippen molar-refractivity contribution in [3.8, 4) is 23.0 Å². The topological polar surface area (TPSA) is 61.6 Å². The molecule has 0 amide bonds. The third-order valence-electron chi connectivity index (χ3n) is 4.36. The smallest absolute Gasteiger partial charge is 0.315 e. The number of hydrogen-bond donors (Lipinski definition) is 0. The summed E-state index contributed by atoms with van der Waals surface area (Å²) in [4.78, 5) is 12.0. The van der Waals surface area contributed by atoms with Crippen LogP contribution in [0.5, 0.6) is 11.7 Å². The lowest BCUT2D eigenvalue weighted by atomic mass is 9.99. The van der Waals surface area contributed by atoms with Gasteiger partial charge in [-0.05, 0) is 31.2 Å². The molecule has 1 aromatic heterocycles. The summed E-state index contributed by atoms with van der Waals surface area (Å²) in [6, 6.07) is 14.9. The van der Waals surface area contributed by atoms with Crippen LogP contribution in [0.25, 0.3) is 11.3 Å². The Bertz CT molecular complexity index is 952. The summed E-state index contributed by atoms with van der Waals surface area (Å²) >= 11 is 7.17. The zero-order valence-electron chi connectivity index (χ0n) is 15.6. The Kier molecular flexibility index (Phi) is 6.57. The minimum atomic E-state index is -0.557. The van der Waals surface area contributed by atoms with Gasteiger partial charge in [0, 0.05) is 11.1 Å². The third kappa shape index (κ3) is 4.15. The number of carbonyl (C=O) groups excluding carboxylic acids is 1. The first kappa shape index (κ1) is 20.6. The minimum Gasteiger partial charge on any atom is -0.497 e. The van der Waals surface area contributed by atoms with Crippen molar-refractivity contribution < 1.29 is 18.8 Å². The van der Waals surface area contributed by atoms with E-state index in [2.05, 4.69) is 37.0 Å². The van der Waals surface area contributed by atoms with E-state index in [9.17, 15) is 4.79 Å². The van der Waals surface area contributed by atoms with Crippen molar-refractivity contribution in [2.45, 2.75) is 16.6 Å². The molecule has 3 rings (SSSR count). The summed E-state index contributed by atoms with van der Waals surface area (Å²) in [5.41, 5.74) is 3.90. The van der Waals surface area contributed by atoms with Crippen LogP contribution in [0.4, 0.5) is 0 Å². The van der Waals surface area contributed by atoms with Crippen molar-refractivity contribution in [2.75, 3.05) is 14.2 Å². The van der Waals surface area contributed by atoms with Crippen LogP contribution < -0.4 is 9.47 Å². The molecule has 0 radical (unpaired) electrons. The van der Waals surface area contributed by atoms with Crippen LogP contribution in [0.15, 0.2) is 53.1 Å². The second-order valence-corrected chi connectivity index (χ2v) is 8.17. The van der Waals surface area contributed by atoms with Gasteiger partial charge in [-0.15, -0.1) is 0 Å². The number of ketones is 1. The normalized spacial score (nSPS) is 13.0. The van der Waals surface area contributed by atoms with Crippen LogP contribution in [-0.2, 0) is 0 Å². The molecule has 0 fully saturated rings. The Labute approximate surface area is 180 Å². The molecule has 0 N–H and O–H groups in total. The summed E-state index contributed by atoms with van der Waals surface area (Å²) in [5.74, 6) is 0.882. The number of nitrogens with zero attached hydrogens (tertiary/aromatic N) is 1. The number of aromatic nitrogens is 1. The fourth-order valence-corrected chi connectivity index (χ4v) is 3.96. The van der Waals surface area contributed by atoms with Crippen LogP contribution in [-0.4, -0.2) is 30.0 Å². The maximum absolute atomic E-state index is 13.0. The Morgan fingerprint density at radius 1 is 1.00 bits per heavy atom. The van der Waals surface area contributed by atoms with E-state index in [1.54, 1.807) is 31.4 Å². The molecule has 0 aliphatic carbocycles. The van der Waals surface area contributed by atoms with Gasteiger partial charge in [0.05, 0.1) is 29.4 Å². The van der Waals surface area contributed by atoms with E-state index in [1.165, 1.54) is 7.11 Å². The van der Waals surface area contributed by atoms with Crippen molar-refractivity contribution in [1.82, 2.24) is 5.16 Å². The van der Waals surface area contributed by atoms with Crippen LogP contribution in [0.2, 0.25) is 0 Å². The van der Waals surface area contributed by atoms with Crippen molar-refractivity contribution in [2.24, 2.45) is 0 Å². The lowest BCUT2D eigenvalue weighted by molar-refractivity contribution is 0.0990. The first-order valence-corrected chi connectivity index (χ1v) is 10.4. The molecular formula is C21H19Br2NO4. The summed E-state index contributed by atoms with van der Waals surface area (Å²) < 4.78 is 15.9. The molecule has 0 aliphatic rings. The van der Waals surface area contributed by atoms with Crippen LogP contribution in [0.1, 0.15) is 26.3 Å². The van der Waals surface area contributed by atoms with Gasteiger partial charge in [-0.25, -0.2) is 0 Å². The maximum atomic E-state index is 13.0. The van der Waals surface area contributed by atoms with Crippen molar-refractivity contribution >= 4 is 37.6 Å². The zero-order valence-corrected chi connectivity index (χ0v) is 18.8. The quantitative estimate of drug-likeness (QED) is 0.300. The SMILES string of the molecule is COc1ccc(C(=O)C(Br)C(Br)c2c(-c3ccc(C)cc3)noc2OC)cc1. The molecule has 2 unspecified atom stereocenters. The summed E-state index contributed by atoms with van der Waals surface area (Å²) in [6.45, 7) is 2.02. The van der Waals surface area contributed by atoms with Crippen LogP contribution in [0, 0.1) is 6.92 Å². The highest BCUT2D eigenvalue weighted by atomic mass is 79.9. The number of benzene rings is 2. The van der Waals surface area contributed by atoms with E-state index in [4.69, 9.17) is 14.0 Å². The summed E-state index contributed by atoms with van der Waals surface area (Å²) in [5, 5.41) is 4.17. The van der Waals surface area contributed by atoms with Crippen molar-refractivity contribution in [1.29, 1.82) is 0 Å². The molecule has 146 valence electrons. The number of halogens is 2. The highest BCUT2D eigenvalue weighted by Crippen LogP contribution is 2.43. The van der Waals surface area contributed by atoms with Crippen molar-refractivity contribution in [3.63, 3.8) is 0 Å². The van der Waals surface area contributed by atoms with Crippen LogP contribution in [0.3, 0.4) is 0 Å². The molecule has 3 aromatic rings. The van der Waals surface area contributed by atoms with E-state index in [0.717, 1.165) is 11.1 Å². The number of alkyl halides is 2. The fourth-order valence-electron chi connectivity index (χ4n) is 2.79. The largest absolute Gasteiger partial charge is 0.497 e. The van der Waals surface area contributed by atoms with Gasteiger partial charge in [-0.1, -0.05) is 66.8 Å². The van der Waals surface area contributed by atoms with Gasteiger partial charge in [0.1, 0.15) is 11.4 Å². The molecule has 0 spiro atoms. The lowest BCUT2D eigenvalue weighted by Gasteiger charge is -2.16. The zero-order chi connectivity index (χ0) is 20.3. The van der Waals surface area contributed by atoms with Gasteiger partial charge in [-0.2, -0.15) is 0 Å². The molecule has 0 saturated carbocycles. The molecule has 1 heterocycles. The van der Waals surface area contributed by atoms with Gasteiger partial charge in [0.2, 0.25) is 0 Å². The first-order chi connectivity index (χ1) is 13.5. The molecule has 2 aromatic carbocycles. The van der Waals surface area contributed by atoms with Gasteiger partial charge >= 0.3 is 5.95 Å². The lowest BCUT2D eigenvalue weighted by Crippen LogP contribution is -2.19. The average Bonchev–Trinajstić information content (AvgIpc) is 3.16. The molecule has 2 atom stereocenters. The summed E-state index contributed by atoms with van der Waals surface area (Å²) in [6.07, 6.45) is 0. The van der Waals surface area contributed by atoms with Crippen LogP contribution >= 0.6 is 31.9 Å². The van der Waals surface area contributed by atoms with Gasteiger partial charge in [-0.3, -0.25) is 4.79 Å². The number of methoxy groups -OCH3 is 2. The van der Waals surface area contributed by atoms with E-state index < -0.39 is 9.65 Å². The predicted molar refractivity (Wildman–Crippen MR) is 115 cm³/mol. The van der Waals surface area contributed by atoms with E-state index >= 15 is 0 Å². The molecule has 7 heteroatoms. The standard InChI is InChI=1S/C21H19Br2NO4/c1-12-4-6-13(7-5-12)19-16(21(27-3)28-24-19)17(22)18(23)20(25)14-8-10-15(26-2)11-9-14/h4-11,17-18H,1-3H3. The van der Waals surface area contributed by atoms with Crippen molar-refractivity contribution in [3.05, 3.63) is 65.2 Å². The Balaban J connectivity index is 1.94. The number of hydrogen-bond acceptors (Lipinski definition) is 5. The molecule has 28 heavy (non-hydrogen) atoms. The van der Waals surface area contributed by atoms with E-state index in [1.807, 2.05) is 31.2 Å². The number of Topliss-reactive ketones (excluding diaryl/α,β-unsaturated/α-hetero) is 1. The number of rotatable bonds is 7. The van der Waals surface area contributed by atoms with Gasteiger partial charge < -0.3 is 14.0 Å². The molecule has 0 aliphatic heterocycles. The molecule has 5 nitrogen and oxygen atoms in total. The molecule has 0 bridgehead atoms. The predicted octanol–water partition coefficient (Wildman–Crippen LogP) is 5.75. The highest BCUT2D eigenvalue weighted by Gasteiger charge is 2.33. The van der Waals surface area contributed by atoms with E-state index in [-0.39, 0.29) is 11.7 Å². The monoisotopic (exact) mass is 507 g/mol. The van der Waals surface area contributed by atoms with Gasteiger partial charge in [0.15, 0.2) is 5.78 Å². The Morgan fingerprint density at radius 2 is 1.64 bits per heavy atom. The van der Waals surface area contributed by atoms with E-state index in [0.29, 0.717) is 22.6 Å². The molecule has 0 saturated heterocycles. The minimum absolute atomic E-state index is 0.0809. The molecular weight excluding hydrogens is 490 g/mol. The number of carbonyl (C=O) groups is 1. The first-order valence-electron chi connectivity index (χ1n) is 8.53. The number of ether oxygens (including phenoxy) is 2. The second-order valence-electron chi connectivity index (χ2n) is 6.20. The van der Waals surface area contributed by atoms with Gasteiger partial charge in [0.25, 0.3) is 0 Å².